The number of hydrogen-bond acceptors (Lipinski definition) is 3. The van der Waals surface area contributed by atoms with Crippen molar-refractivity contribution in [2.75, 3.05) is 7.05 Å². The maximum Gasteiger partial charge on any atom is 0.255 e. The van der Waals surface area contributed by atoms with E-state index in [1.165, 1.54) is 37.4 Å². The molecule has 4 aromatic rings. The molecule has 6 rings (SSSR count). The molecule has 0 atom stereocenters. The Kier molecular flexibility index (Phi) is 6.50. The number of hydrogen-bond donors (Lipinski definition) is 2. The second-order valence-corrected chi connectivity index (χ2v) is 10.3. The van der Waals surface area contributed by atoms with Crippen molar-refractivity contribution in [1.29, 1.82) is 0 Å². The van der Waals surface area contributed by atoms with E-state index in [4.69, 9.17) is 0 Å². The summed E-state index contributed by atoms with van der Waals surface area (Å²) in [6, 6.07) is 13.8. The molecule has 2 aromatic heterocycles. The minimum Gasteiger partial charge on any atom is -0.355 e. The van der Waals surface area contributed by atoms with E-state index in [2.05, 4.69) is 33.6 Å². The zero-order chi connectivity index (χ0) is 28.7. The van der Waals surface area contributed by atoms with Gasteiger partial charge in [0.05, 0.1) is 16.6 Å². The highest BCUT2D eigenvalue weighted by molar-refractivity contribution is 6.07. The van der Waals surface area contributed by atoms with Crippen LogP contribution in [0.3, 0.4) is 0 Å². The largest absolute Gasteiger partial charge is 0.355 e. The van der Waals surface area contributed by atoms with Gasteiger partial charge in [-0.15, -0.1) is 0 Å². The Morgan fingerprint density at radius 3 is 2.51 bits per heavy atom. The first-order chi connectivity index (χ1) is 19.8. The van der Waals surface area contributed by atoms with Crippen LogP contribution >= 0.6 is 0 Å². The second kappa shape index (κ2) is 10.2. The van der Waals surface area contributed by atoms with Crippen LogP contribution in [0.1, 0.15) is 45.5 Å². The Morgan fingerprint density at radius 1 is 1.00 bits per heavy atom. The number of carbonyl (C=O) groups is 2. The van der Waals surface area contributed by atoms with Crippen LogP contribution in [0, 0.1) is 30.5 Å². The van der Waals surface area contributed by atoms with Crippen LogP contribution in [0.4, 0.5) is 8.78 Å². The van der Waals surface area contributed by atoms with Gasteiger partial charge in [0.2, 0.25) is 5.95 Å². The average molecular weight is 549 g/mol. The van der Waals surface area contributed by atoms with Gasteiger partial charge >= 0.3 is 0 Å². The van der Waals surface area contributed by atoms with Crippen LogP contribution in [0.2, 0.25) is 0 Å². The fourth-order valence-corrected chi connectivity index (χ4v) is 5.23. The summed E-state index contributed by atoms with van der Waals surface area (Å²) in [7, 11) is 1.48. The van der Waals surface area contributed by atoms with Crippen molar-refractivity contribution in [2.45, 2.75) is 31.7 Å². The molecule has 41 heavy (non-hydrogen) atoms. The molecule has 2 amide bonds. The molecule has 0 saturated heterocycles. The molecule has 2 aliphatic rings. The highest BCUT2D eigenvalue weighted by Crippen LogP contribution is 2.43. The first kappa shape index (κ1) is 26.2. The number of rotatable bonds is 6. The van der Waals surface area contributed by atoms with E-state index in [1.54, 1.807) is 18.2 Å². The fourth-order valence-electron chi connectivity index (χ4n) is 5.23. The van der Waals surface area contributed by atoms with Gasteiger partial charge in [-0.3, -0.25) is 9.59 Å². The van der Waals surface area contributed by atoms with Gasteiger partial charge in [0.25, 0.3) is 11.8 Å². The van der Waals surface area contributed by atoms with Gasteiger partial charge in [-0.1, -0.05) is 24.0 Å². The maximum absolute atomic E-state index is 15.5. The highest BCUT2D eigenvalue weighted by Gasteiger charge is 2.46. The van der Waals surface area contributed by atoms with Crippen molar-refractivity contribution in [1.82, 2.24) is 20.2 Å². The van der Waals surface area contributed by atoms with Crippen molar-refractivity contribution >= 4 is 17.3 Å². The summed E-state index contributed by atoms with van der Waals surface area (Å²) < 4.78 is 30.2. The molecule has 0 radical (unpaired) electrons. The van der Waals surface area contributed by atoms with E-state index in [-0.39, 0.29) is 22.7 Å². The Balaban J connectivity index is 1.40. The van der Waals surface area contributed by atoms with Crippen molar-refractivity contribution in [2.24, 2.45) is 0 Å². The lowest BCUT2D eigenvalue weighted by molar-refractivity contribution is 0.0936. The van der Waals surface area contributed by atoms with E-state index in [9.17, 15) is 14.0 Å². The van der Waals surface area contributed by atoms with Gasteiger partial charge in [0.15, 0.2) is 0 Å². The number of benzene rings is 2. The maximum atomic E-state index is 15.5. The predicted octanol–water partition coefficient (Wildman–Crippen LogP) is 5.77. The Bertz CT molecular complexity index is 1850. The zero-order valence-corrected chi connectivity index (χ0v) is 22.5. The third-order valence-electron chi connectivity index (χ3n) is 7.60. The first-order valence-corrected chi connectivity index (χ1v) is 13.3. The van der Waals surface area contributed by atoms with Crippen LogP contribution in [0.15, 0.2) is 78.4 Å². The number of aromatic nitrogens is 2. The molecule has 8 heteroatoms. The summed E-state index contributed by atoms with van der Waals surface area (Å²) in [5, 5.41) is 10.1. The van der Waals surface area contributed by atoms with Crippen molar-refractivity contribution in [3.05, 3.63) is 107 Å². The SMILES string of the molecule is CNC(=O)c1c(-c2ccc(F)cc2)nn2c(F)cc(-c3cc(C(=O)NC4(C5=CCC#CC=C5)CC4)ccc3C)cc12. The third-order valence-corrected chi connectivity index (χ3v) is 7.60. The van der Waals surface area contributed by atoms with E-state index < -0.39 is 23.2 Å². The monoisotopic (exact) mass is 548 g/mol. The number of fused-ring (bicyclic) bond motifs is 1. The number of aryl methyl sites for hydroxylation is 1. The van der Waals surface area contributed by atoms with E-state index in [0.29, 0.717) is 28.7 Å². The highest BCUT2D eigenvalue weighted by atomic mass is 19.1. The summed E-state index contributed by atoms with van der Waals surface area (Å²) in [6.45, 7) is 1.88. The summed E-state index contributed by atoms with van der Waals surface area (Å²) in [6.07, 6.45) is 8.15. The second-order valence-electron chi connectivity index (χ2n) is 10.3. The van der Waals surface area contributed by atoms with Gasteiger partial charge in [-0.2, -0.15) is 9.49 Å². The smallest absolute Gasteiger partial charge is 0.255 e. The van der Waals surface area contributed by atoms with Gasteiger partial charge in [0.1, 0.15) is 11.5 Å². The molecule has 0 bridgehead atoms. The molecule has 6 nitrogen and oxygen atoms in total. The summed E-state index contributed by atoms with van der Waals surface area (Å²) in [5.74, 6) is 4.21. The number of pyridine rings is 1. The lowest BCUT2D eigenvalue weighted by atomic mass is 9.96. The zero-order valence-electron chi connectivity index (χ0n) is 22.5. The molecule has 2 N–H and O–H groups in total. The van der Waals surface area contributed by atoms with Crippen LogP contribution in [0.25, 0.3) is 27.9 Å². The molecule has 2 aromatic carbocycles. The lowest BCUT2D eigenvalue weighted by Crippen LogP contribution is -2.38. The number of nitrogens with zero attached hydrogens (tertiary/aromatic N) is 2. The van der Waals surface area contributed by atoms with Crippen molar-refractivity contribution < 1.29 is 18.4 Å². The number of amides is 2. The van der Waals surface area contributed by atoms with Gasteiger partial charge in [-0.25, -0.2) is 8.91 Å². The Labute approximate surface area is 235 Å². The fraction of sp³-hybridized carbons (Fsp3) is 0.182. The van der Waals surface area contributed by atoms with Gasteiger partial charge in [0, 0.05) is 30.7 Å². The van der Waals surface area contributed by atoms with Gasteiger partial charge < -0.3 is 10.6 Å². The molecule has 1 fully saturated rings. The van der Waals surface area contributed by atoms with Gasteiger partial charge in [-0.05, 0) is 96.6 Å². The quantitative estimate of drug-likeness (QED) is 0.237. The molecular weight excluding hydrogens is 522 g/mol. The number of halogens is 2. The molecule has 1 saturated carbocycles. The minimum absolute atomic E-state index is 0.163. The lowest BCUT2D eigenvalue weighted by Gasteiger charge is -2.19. The Hall–Kier alpha value is -5.03. The predicted molar refractivity (Wildman–Crippen MR) is 153 cm³/mol. The topological polar surface area (TPSA) is 75.5 Å². The van der Waals surface area contributed by atoms with E-state index in [1.807, 2.05) is 25.1 Å². The standard InChI is InChI=1S/C33H26F2N4O2/c1-20-9-10-22(31(40)37-33(15-16-33)24-7-5-3-4-6-8-24)17-26(20)23-18-27-29(32(41)36-2)30(38-39(27)28(35)19-23)21-11-13-25(34)14-12-21/h5,7-14,17-19H,6,15-16H2,1-2H3,(H,36,41)(H,37,40). The number of carbonyl (C=O) groups excluding carboxylic acids is 2. The number of allylic oxidation sites excluding steroid dienone is 2. The van der Waals surface area contributed by atoms with Crippen LogP contribution in [-0.4, -0.2) is 34.0 Å². The molecule has 2 aliphatic carbocycles. The average Bonchev–Trinajstić information content (AvgIpc) is 3.71. The van der Waals surface area contributed by atoms with Crippen molar-refractivity contribution in [3.63, 3.8) is 0 Å². The molecule has 204 valence electrons. The summed E-state index contributed by atoms with van der Waals surface area (Å²) >= 11 is 0. The molecule has 0 spiro atoms. The molecule has 2 heterocycles. The Morgan fingerprint density at radius 2 is 1.78 bits per heavy atom. The van der Waals surface area contributed by atoms with Crippen molar-refractivity contribution in [3.8, 4) is 34.2 Å². The minimum atomic E-state index is -0.684. The normalized spacial score (nSPS) is 15.0. The van der Waals surface area contributed by atoms with Crippen LogP contribution < -0.4 is 10.6 Å². The van der Waals surface area contributed by atoms with E-state index in [0.717, 1.165) is 28.5 Å². The van der Waals surface area contributed by atoms with E-state index >= 15 is 4.39 Å². The molecule has 0 aliphatic heterocycles. The summed E-state index contributed by atoms with van der Waals surface area (Å²) in [5.41, 5.74) is 4.17. The number of nitrogens with one attached hydrogen (secondary N) is 2. The van der Waals surface area contributed by atoms with Crippen LogP contribution in [0.5, 0.6) is 0 Å². The first-order valence-electron chi connectivity index (χ1n) is 13.3. The third kappa shape index (κ3) is 4.80. The molecular formula is C33H26F2N4O2. The van der Waals surface area contributed by atoms with Crippen LogP contribution in [-0.2, 0) is 0 Å². The summed E-state index contributed by atoms with van der Waals surface area (Å²) in [4.78, 5) is 26.4. The molecule has 0 unspecified atom stereocenters.